The van der Waals surface area contributed by atoms with Crippen molar-refractivity contribution in [3.63, 3.8) is 0 Å². The Bertz CT molecular complexity index is 54.8. The number of hydrogen-bond donors (Lipinski definition) is 2. The summed E-state index contributed by atoms with van der Waals surface area (Å²) in [6.45, 7) is 4.09. The SMILES string of the molecule is C=O.CCCCCC(O)O. The molecule has 0 saturated carbocycles. The van der Waals surface area contributed by atoms with Crippen LogP contribution in [0.2, 0.25) is 0 Å². The summed E-state index contributed by atoms with van der Waals surface area (Å²) in [5.41, 5.74) is 0. The average Bonchev–Trinajstić information content (AvgIpc) is 1.92. The first-order valence-corrected chi connectivity index (χ1v) is 3.42. The van der Waals surface area contributed by atoms with Gasteiger partial charge < -0.3 is 15.0 Å². The van der Waals surface area contributed by atoms with E-state index in [1.54, 1.807) is 0 Å². The van der Waals surface area contributed by atoms with Crippen molar-refractivity contribution < 1.29 is 15.0 Å². The summed E-state index contributed by atoms with van der Waals surface area (Å²) in [5, 5.41) is 16.7. The first kappa shape index (κ1) is 12.3. The predicted octanol–water partition coefficient (Wildman–Crippen LogP) is 0.692. The van der Waals surface area contributed by atoms with E-state index in [9.17, 15) is 0 Å². The highest BCUT2D eigenvalue weighted by atomic mass is 16.5. The third-order valence-corrected chi connectivity index (χ3v) is 1.07. The fourth-order valence-electron chi connectivity index (χ4n) is 0.577. The van der Waals surface area contributed by atoms with Gasteiger partial charge in [0.2, 0.25) is 0 Å². The van der Waals surface area contributed by atoms with Crippen molar-refractivity contribution in [2.75, 3.05) is 0 Å². The summed E-state index contributed by atoms with van der Waals surface area (Å²) in [7, 11) is 0. The van der Waals surface area contributed by atoms with E-state index < -0.39 is 6.29 Å². The molecule has 62 valence electrons. The molecule has 3 nitrogen and oxygen atoms in total. The lowest BCUT2D eigenvalue weighted by Gasteiger charge is -1.99. The molecule has 0 aliphatic heterocycles. The van der Waals surface area contributed by atoms with Crippen molar-refractivity contribution in [2.45, 2.75) is 38.9 Å². The van der Waals surface area contributed by atoms with Gasteiger partial charge in [-0.3, -0.25) is 0 Å². The smallest absolute Gasteiger partial charge is 0.151 e. The Balaban J connectivity index is 0. The minimum absolute atomic E-state index is 0.522. The Morgan fingerprint density at radius 3 is 2.10 bits per heavy atom. The molecule has 2 N–H and O–H groups in total. The second kappa shape index (κ2) is 11.4. The number of carbonyl (C=O) groups is 1. The van der Waals surface area contributed by atoms with Gasteiger partial charge in [-0.05, 0) is 12.8 Å². The van der Waals surface area contributed by atoms with Crippen LogP contribution in [0.1, 0.15) is 32.6 Å². The first-order chi connectivity index (χ1) is 4.77. The molecule has 0 spiro atoms. The van der Waals surface area contributed by atoms with Crippen LogP contribution in [-0.2, 0) is 4.79 Å². The Hall–Kier alpha value is -0.410. The molecule has 0 amide bonds. The molecule has 0 fully saturated rings. The van der Waals surface area contributed by atoms with Crippen LogP contribution in [0.3, 0.4) is 0 Å². The number of unbranched alkanes of at least 4 members (excludes halogenated alkanes) is 2. The lowest BCUT2D eigenvalue weighted by atomic mass is 10.2. The Morgan fingerprint density at radius 1 is 1.30 bits per heavy atom. The molecule has 0 heterocycles. The number of aliphatic hydroxyl groups excluding tert-OH is 1. The van der Waals surface area contributed by atoms with Crippen molar-refractivity contribution in [3.8, 4) is 0 Å². The van der Waals surface area contributed by atoms with Gasteiger partial charge in [0.15, 0.2) is 6.29 Å². The molecule has 10 heavy (non-hydrogen) atoms. The Labute approximate surface area is 61.7 Å². The highest BCUT2D eigenvalue weighted by Crippen LogP contribution is 1.99. The van der Waals surface area contributed by atoms with Gasteiger partial charge in [-0.2, -0.15) is 0 Å². The molecule has 0 radical (unpaired) electrons. The number of carbonyl (C=O) groups excluding carboxylic acids is 1. The molecule has 0 rings (SSSR count). The van der Waals surface area contributed by atoms with E-state index >= 15 is 0 Å². The summed E-state index contributed by atoms with van der Waals surface area (Å²) in [4.78, 5) is 8.00. The molecule has 0 aliphatic carbocycles. The van der Waals surface area contributed by atoms with Gasteiger partial charge in [0.1, 0.15) is 6.79 Å². The first-order valence-electron chi connectivity index (χ1n) is 3.42. The third-order valence-electron chi connectivity index (χ3n) is 1.07. The monoisotopic (exact) mass is 148 g/mol. The highest BCUT2D eigenvalue weighted by molar-refractivity contribution is 5.10. The minimum Gasteiger partial charge on any atom is -0.368 e. The largest absolute Gasteiger partial charge is 0.368 e. The molecule has 0 aromatic rings. The molecule has 0 atom stereocenters. The number of hydrogen-bond acceptors (Lipinski definition) is 3. The maximum atomic E-state index is 8.33. The predicted molar refractivity (Wildman–Crippen MR) is 39.5 cm³/mol. The van der Waals surface area contributed by atoms with E-state index in [2.05, 4.69) is 6.92 Å². The Kier molecular flexibility index (Phi) is 14.0. The van der Waals surface area contributed by atoms with Gasteiger partial charge in [0, 0.05) is 0 Å². The second-order valence-electron chi connectivity index (χ2n) is 1.98. The van der Waals surface area contributed by atoms with E-state index in [0.717, 1.165) is 19.3 Å². The van der Waals surface area contributed by atoms with Crippen molar-refractivity contribution in [1.29, 1.82) is 0 Å². The summed E-state index contributed by atoms with van der Waals surface area (Å²) in [5.74, 6) is 0. The molecule has 0 saturated heterocycles. The molecular weight excluding hydrogens is 132 g/mol. The van der Waals surface area contributed by atoms with Crippen LogP contribution in [0.5, 0.6) is 0 Å². The van der Waals surface area contributed by atoms with Crippen LogP contribution in [0.4, 0.5) is 0 Å². The van der Waals surface area contributed by atoms with E-state index in [4.69, 9.17) is 15.0 Å². The fourth-order valence-corrected chi connectivity index (χ4v) is 0.577. The van der Waals surface area contributed by atoms with Crippen LogP contribution in [0.15, 0.2) is 0 Å². The average molecular weight is 148 g/mol. The summed E-state index contributed by atoms with van der Waals surface area (Å²) >= 11 is 0. The zero-order valence-corrected chi connectivity index (χ0v) is 6.42. The standard InChI is InChI=1S/C6H14O2.CH2O/c1-2-3-4-5-6(7)8;1-2/h6-8H,2-5H2,1H3;1H2. The summed E-state index contributed by atoms with van der Waals surface area (Å²) in [6.07, 6.45) is 2.58. The van der Waals surface area contributed by atoms with Crippen molar-refractivity contribution >= 4 is 6.79 Å². The normalized spacial score (nSPS) is 8.80. The van der Waals surface area contributed by atoms with E-state index in [-0.39, 0.29) is 0 Å². The van der Waals surface area contributed by atoms with Crippen LogP contribution in [0, 0.1) is 0 Å². The lowest BCUT2D eigenvalue weighted by Crippen LogP contribution is -2.02. The number of rotatable bonds is 4. The topological polar surface area (TPSA) is 57.5 Å². The van der Waals surface area contributed by atoms with E-state index in [1.165, 1.54) is 0 Å². The molecule has 0 bridgehead atoms. The molecule has 0 aliphatic rings. The minimum atomic E-state index is -1.10. The van der Waals surface area contributed by atoms with Crippen LogP contribution >= 0.6 is 0 Å². The van der Waals surface area contributed by atoms with Gasteiger partial charge in [-0.25, -0.2) is 0 Å². The Morgan fingerprint density at radius 2 is 1.80 bits per heavy atom. The van der Waals surface area contributed by atoms with Crippen molar-refractivity contribution in [3.05, 3.63) is 0 Å². The van der Waals surface area contributed by atoms with Crippen LogP contribution in [0.25, 0.3) is 0 Å². The van der Waals surface area contributed by atoms with Gasteiger partial charge >= 0.3 is 0 Å². The fraction of sp³-hybridized carbons (Fsp3) is 0.857. The summed E-state index contributed by atoms with van der Waals surface area (Å²) < 4.78 is 0. The quantitative estimate of drug-likeness (QED) is 0.455. The third kappa shape index (κ3) is 15.6. The lowest BCUT2D eigenvalue weighted by molar-refractivity contribution is -0.0980. The van der Waals surface area contributed by atoms with Gasteiger partial charge in [0.05, 0.1) is 0 Å². The van der Waals surface area contributed by atoms with Crippen LogP contribution in [-0.4, -0.2) is 23.3 Å². The zero-order valence-electron chi connectivity index (χ0n) is 6.42. The van der Waals surface area contributed by atoms with Crippen molar-refractivity contribution in [1.82, 2.24) is 0 Å². The van der Waals surface area contributed by atoms with Gasteiger partial charge in [-0.1, -0.05) is 19.8 Å². The maximum absolute atomic E-state index is 8.33. The summed E-state index contributed by atoms with van der Waals surface area (Å²) in [6, 6.07) is 0. The van der Waals surface area contributed by atoms with Crippen LogP contribution < -0.4 is 0 Å². The molecule has 0 aromatic carbocycles. The highest BCUT2D eigenvalue weighted by Gasteiger charge is 1.93. The molecule has 0 aromatic heterocycles. The number of aliphatic hydroxyl groups is 2. The van der Waals surface area contributed by atoms with Gasteiger partial charge in [-0.15, -0.1) is 0 Å². The maximum Gasteiger partial charge on any atom is 0.151 e. The van der Waals surface area contributed by atoms with Crippen molar-refractivity contribution in [2.24, 2.45) is 0 Å². The second-order valence-corrected chi connectivity index (χ2v) is 1.98. The van der Waals surface area contributed by atoms with E-state index in [1.807, 2.05) is 6.79 Å². The van der Waals surface area contributed by atoms with E-state index in [0.29, 0.717) is 6.42 Å². The molecular formula is C7H16O3. The zero-order chi connectivity index (χ0) is 8.41. The molecule has 3 heteroatoms. The molecule has 0 unspecified atom stereocenters. The van der Waals surface area contributed by atoms with Gasteiger partial charge in [0.25, 0.3) is 0 Å².